The first kappa shape index (κ1) is 13.5. The molecule has 0 aromatic heterocycles. The summed E-state index contributed by atoms with van der Waals surface area (Å²) in [6.45, 7) is 1.28. The van der Waals surface area contributed by atoms with Gasteiger partial charge in [-0.15, -0.1) is 0 Å². The molecule has 0 N–H and O–H groups in total. The Balaban J connectivity index is 1.64. The molecule has 1 heterocycles. The van der Waals surface area contributed by atoms with Gasteiger partial charge >= 0.3 is 0 Å². The first-order chi connectivity index (χ1) is 9.83. The van der Waals surface area contributed by atoms with Gasteiger partial charge in [-0.25, -0.2) is 0 Å². The Morgan fingerprint density at radius 1 is 0.950 bits per heavy atom. The lowest BCUT2D eigenvalue weighted by Gasteiger charge is -2.19. The van der Waals surface area contributed by atoms with E-state index in [2.05, 4.69) is 52.3 Å². The summed E-state index contributed by atoms with van der Waals surface area (Å²) in [5.74, 6) is 1.73. The molecule has 0 radical (unpaired) electrons. The molecular weight excluding hydrogens is 316 g/mol. The Hall–Kier alpha value is -1.48. The first-order valence-electron chi connectivity index (χ1n) is 6.90. The number of benzene rings is 2. The molecular formula is C17H17BrO2. The number of aryl methyl sites for hydroxylation is 1. The number of ether oxygens (including phenoxy) is 2. The summed E-state index contributed by atoms with van der Waals surface area (Å²) in [4.78, 5) is 0.386. The highest BCUT2D eigenvalue weighted by atomic mass is 79.9. The van der Waals surface area contributed by atoms with Crippen molar-refractivity contribution in [2.24, 2.45) is 0 Å². The van der Waals surface area contributed by atoms with Gasteiger partial charge in [0.05, 0.1) is 0 Å². The van der Waals surface area contributed by atoms with Crippen LogP contribution in [0.1, 0.15) is 22.4 Å². The van der Waals surface area contributed by atoms with Gasteiger partial charge in [0.1, 0.15) is 13.2 Å². The number of rotatable bonds is 4. The smallest absolute Gasteiger partial charge is 0.161 e. The zero-order valence-electron chi connectivity index (χ0n) is 11.2. The van der Waals surface area contributed by atoms with Crippen molar-refractivity contribution in [3.8, 4) is 11.5 Å². The minimum absolute atomic E-state index is 0.386. The molecule has 1 atom stereocenters. The summed E-state index contributed by atoms with van der Waals surface area (Å²) >= 11 is 3.76. The second-order valence-corrected chi connectivity index (χ2v) is 6.00. The van der Waals surface area contributed by atoms with Crippen LogP contribution in [0, 0.1) is 0 Å². The molecule has 3 rings (SSSR count). The van der Waals surface area contributed by atoms with E-state index in [1.54, 1.807) is 0 Å². The van der Waals surface area contributed by atoms with Crippen LogP contribution in [0.25, 0.3) is 0 Å². The minimum atomic E-state index is 0.386. The van der Waals surface area contributed by atoms with Crippen LogP contribution in [0.4, 0.5) is 0 Å². The van der Waals surface area contributed by atoms with E-state index in [4.69, 9.17) is 9.47 Å². The third-order valence-corrected chi connectivity index (χ3v) is 4.44. The van der Waals surface area contributed by atoms with E-state index in [1.165, 1.54) is 11.1 Å². The lowest BCUT2D eigenvalue weighted by Crippen LogP contribution is -2.15. The van der Waals surface area contributed by atoms with Crippen molar-refractivity contribution in [1.29, 1.82) is 0 Å². The second-order valence-electron chi connectivity index (χ2n) is 4.89. The van der Waals surface area contributed by atoms with E-state index in [0.717, 1.165) is 24.3 Å². The van der Waals surface area contributed by atoms with Crippen molar-refractivity contribution >= 4 is 15.9 Å². The molecule has 0 amide bonds. The molecule has 104 valence electrons. The second kappa shape index (κ2) is 6.31. The Kier molecular flexibility index (Phi) is 4.26. The number of halogens is 1. The predicted molar refractivity (Wildman–Crippen MR) is 83.9 cm³/mol. The van der Waals surface area contributed by atoms with Crippen LogP contribution < -0.4 is 9.47 Å². The van der Waals surface area contributed by atoms with Crippen LogP contribution in [0.3, 0.4) is 0 Å². The zero-order chi connectivity index (χ0) is 13.8. The highest BCUT2D eigenvalue weighted by Crippen LogP contribution is 2.33. The third kappa shape index (κ3) is 3.15. The molecule has 20 heavy (non-hydrogen) atoms. The van der Waals surface area contributed by atoms with E-state index in [9.17, 15) is 0 Å². The zero-order valence-corrected chi connectivity index (χ0v) is 12.8. The van der Waals surface area contributed by atoms with Gasteiger partial charge in [-0.2, -0.15) is 0 Å². The maximum atomic E-state index is 5.62. The summed E-state index contributed by atoms with van der Waals surface area (Å²) in [6.07, 6.45) is 2.07. The van der Waals surface area contributed by atoms with Crippen LogP contribution in [0.15, 0.2) is 48.5 Å². The predicted octanol–water partition coefficient (Wildman–Crippen LogP) is 4.53. The van der Waals surface area contributed by atoms with Crippen molar-refractivity contribution < 1.29 is 9.47 Å². The summed E-state index contributed by atoms with van der Waals surface area (Å²) < 4.78 is 11.2. The molecule has 0 aliphatic carbocycles. The van der Waals surface area contributed by atoms with E-state index in [0.29, 0.717) is 18.0 Å². The van der Waals surface area contributed by atoms with Gasteiger partial charge in [-0.05, 0) is 36.1 Å². The Morgan fingerprint density at radius 3 is 2.50 bits per heavy atom. The Morgan fingerprint density at radius 2 is 1.70 bits per heavy atom. The van der Waals surface area contributed by atoms with Gasteiger partial charge in [-0.1, -0.05) is 52.3 Å². The first-order valence-corrected chi connectivity index (χ1v) is 7.82. The van der Waals surface area contributed by atoms with Crippen molar-refractivity contribution in [2.75, 3.05) is 13.2 Å². The Bertz CT molecular complexity index is 568. The average Bonchev–Trinajstić information content (AvgIpc) is 2.53. The summed E-state index contributed by atoms with van der Waals surface area (Å²) in [6, 6.07) is 16.7. The van der Waals surface area contributed by atoms with Gasteiger partial charge in [0, 0.05) is 4.83 Å². The maximum absolute atomic E-state index is 5.62. The maximum Gasteiger partial charge on any atom is 0.161 e. The van der Waals surface area contributed by atoms with E-state index < -0.39 is 0 Å². The van der Waals surface area contributed by atoms with Crippen LogP contribution in [-0.4, -0.2) is 13.2 Å². The molecule has 0 fully saturated rings. The molecule has 0 spiro atoms. The summed E-state index contributed by atoms with van der Waals surface area (Å²) in [5, 5.41) is 0. The monoisotopic (exact) mass is 332 g/mol. The van der Waals surface area contributed by atoms with Crippen LogP contribution >= 0.6 is 15.9 Å². The molecule has 2 aromatic carbocycles. The summed E-state index contributed by atoms with van der Waals surface area (Å²) in [5.41, 5.74) is 2.61. The van der Waals surface area contributed by atoms with Gasteiger partial charge < -0.3 is 9.47 Å². The molecule has 1 aliphatic heterocycles. The molecule has 2 aromatic rings. The number of alkyl halides is 1. The quantitative estimate of drug-likeness (QED) is 0.766. The van der Waals surface area contributed by atoms with E-state index >= 15 is 0 Å². The number of hydrogen-bond donors (Lipinski definition) is 0. The topological polar surface area (TPSA) is 18.5 Å². The molecule has 0 saturated carbocycles. The van der Waals surface area contributed by atoms with Crippen LogP contribution in [0.2, 0.25) is 0 Å². The normalized spacial score (nSPS) is 14.8. The lowest BCUT2D eigenvalue weighted by atomic mass is 10.0. The van der Waals surface area contributed by atoms with Gasteiger partial charge in [0.25, 0.3) is 0 Å². The van der Waals surface area contributed by atoms with Crippen LogP contribution in [-0.2, 0) is 6.42 Å². The van der Waals surface area contributed by atoms with E-state index in [-0.39, 0.29) is 0 Å². The van der Waals surface area contributed by atoms with Gasteiger partial charge in [0.15, 0.2) is 11.5 Å². The molecule has 0 saturated heterocycles. The Labute approximate surface area is 127 Å². The standard InChI is InChI=1S/C17H17BrO2/c18-15(14-4-2-1-3-5-14)8-6-13-7-9-16-17(12-13)20-11-10-19-16/h1-5,7,9,12,15H,6,8,10-11H2. The SMILES string of the molecule is BrC(CCc1ccc2c(c1)OCCO2)c1ccccc1. The minimum Gasteiger partial charge on any atom is -0.486 e. The van der Waals surface area contributed by atoms with Crippen molar-refractivity contribution in [1.82, 2.24) is 0 Å². The van der Waals surface area contributed by atoms with Crippen molar-refractivity contribution in [3.63, 3.8) is 0 Å². The highest BCUT2D eigenvalue weighted by Gasteiger charge is 2.13. The fourth-order valence-electron chi connectivity index (χ4n) is 2.37. The molecule has 0 bridgehead atoms. The molecule has 2 nitrogen and oxygen atoms in total. The molecule has 1 unspecified atom stereocenters. The largest absolute Gasteiger partial charge is 0.486 e. The third-order valence-electron chi connectivity index (χ3n) is 3.45. The van der Waals surface area contributed by atoms with Gasteiger partial charge in [0.2, 0.25) is 0 Å². The molecule has 1 aliphatic rings. The van der Waals surface area contributed by atoms with Gasteiger partial charge in [-0.3, -0.25) is 0 Å². The number of fused-ring (bicyclic) bond motifs is 1. The highest BCUT2D eigenvalue weighted by molar-refractivity contribution is 9.09. The van der Waals surface area contributed by atoms with Crippen molar-refractivity contribution in [2.45, 2.75) is 17.7 Å². The molecule has 3 heteroatoms. The average molecular weight is 333 g/mol. The lowest BCUT2D eigenvalue weighted by molar-refractivity contribution is 0.171. The van der Waals surface area contributed by atoms with E-state index in [1.807, 2.05) is 12.1 Å². The summed E-state index contributed by atoms with van der Waals surface area (Å²) in [7, 11) is 0. The van der Waals surface area contributed by atoms with Crippen LogP contribution in [0.5, 0.6) is 11.5 Å². The number of hydrogen-bond acceptors (Lipinski definition) is 2. The fourth-order valence-corrected chi connectivity index (χ4v) is 2.90. The fraction of sp³-hybridized carbons (Fsp3) is 0.294. The van der Waals surface area contributed by atoms with Crippen molar-refractivity contribution in [3.05, 3.63) is 59.7 Å².